The van der Waals surface area contributed by atoms with Crippen molar-refractivity contribution in [2.45, 2.75) is 0 Å². The molecule has 77 valence electrons. The molecule has 0 radical (unpaired) electrons. The van der Waals surface area contributed by atoms with Crippen LogP contribution in [-0.2, 0) is 6.63 Å². The van der Waals surface area contributed by atoms with Gasteiger partial charge in [-0.1, -0.05) is 6.07 Å². The summed E-state index contributed by atoms with van der Waals surface area (Å²) < 4.78 is 0. The van der Waals surface area contributed by atoms with Gasteiger partial charge in [0.15, 0.2) is 0 Å². The van der Waals surface area contributed by atoms with Crippen molar-refractivity contribution >= 4 is 68.3 Å². The van der Waals surface area contributed by atoms with Crippen LogP contribution in [0.4, 0.5) is 0 Å². The molecule has 0 aliphatic rings. The van der Waals surface area contributed by atoms with Crippen molar-refractivity contribution in [1.82, 2.24) is 0 Å². The molecule has 0 nitrogen and oxygen atoms in total. The van der Waals surface area contributed by atoms with E-state index in [0.717, 1.165) is 0 Å². The van der Waals surface area contributed by atoms with Gasteiger partial charge in [-0.3, -0.25) is 0 Å². The summed E-state index contributed by atoms with van der Waals surface area (Å²) in [6, 6.07) is 14.7. The van der Waals surface area contributed by atoms with Crippen molar-refractivity contribution in [3.8, 4) is 0 Å². The Labute approximate surface area is 122 Å². The summed E-state index contributed by atoms with van der Waals surface area (Å²) in [5.74, 6) is 0. The monoisotopic (exact) mass is 559 g/mol. The molecule has 0 N–H and O–H groups in total. The second-order valence-corrected chi connectivity index (χ2v) is 41.9. The molecule has 2 aromatic rings. The number of halogens is 3. The molecule has 0 saturated carbocycles. The van der Waals surface area contributed by atoms with Crippen molar-refractivity contribution in [1.29, 1.82) is 0 Å². The van der Waals surface area contributed by atoms with Crippen molar-refractivity contribution < 1.29 is 6.63 Å². The summed E-state index contributed by atoms with van der Waals surface area (Å²) in [5, 5.41) is 2.66. The topological polar surface area (TPSA) is 0 Å². The standard InChI is InChI=1S/C9H7.CH3.3HI.Ti/c1-2-5-9-7-3-6-8(9)4-1;;;;;/h1-7H;1H3;3*1H;/q2*-1;;;;+3/p-3. The van der Waals surface area contributed by atoms with Crippen LogP contribution in [0.25, 0.3) is 10.8 Å². The minimum Gasteiger partial charge on any atom is -0.168 e. The number of hydrogen-bond donors (Lipinski definition) is 0. The van der Waals surface area contributed by atoms with Crippen LogP contribution < -0.4 is 0 Å². The van der Waals surface area contributed by atoms with E-state index in [-0.39, 0.29) is 7.43 Å². The first kappa shape index (κ1) is 15.7. The molecule has 0 bridgehead atoms. The molecule has 14 heavy (non-hydrogen) atoms. The van der Waals surface area contributed by atoms with Crippen molar-refractivity contribution in [3.63, 3.8) is 0 Å². The molecule has 0 saturated heterocycles. The largest absolute Gasteiger partial charge is 0.168 e. The molecule has 2 rings (SSSR count). The third-order valence-electron chi connectivity index (χ3n) is 1.55. The summed E-state index contributed by atoms with van der Waals surface area (Å²) in [5.41, 5.74) is 0. The van der Waals surface area contributed by atoms with E-state index in [1.54, 1.807) is 0 Å². The van der Waals surface area contributed by atoms with Gasteiger partial charge >= 0.3 is 64.2 Å². The van der Waals surface area contributed by atoms with Gasteiger partial charge in [0.25, 0.3) is 0 Å². The molecule has 0 aliphatic heterocycles. The molecule has 0 aromatic heterocycles. The fraction of sp³-hybridized carbons (Fsp3) is 0. The Morgan fingerprint density at radius 2 is 1.57 bits per heavy atom. The van der Waals surface area contributed by atoms with Crippen LogP contribution in [0.1, 0.15) is 0 Å². The number of fused-ring (bicyclic) bond motifs is 1. The van der Waals surface area contributed by atoms with E-state index in [4.69, 9.17) is 0 Å². The van der Waals surface area contributed by atoms with Crippen LogP contribution >= 0.6 is 57.6 Å². The first-order valence-corrected chi connectivity index (χ1v) is 18.8. The van der Waals surface area contributed by atoms with Gasteiger partial charge in [0, 0.05) is 0 Å². The van der Waals surface area contributed by atoms with Gasteiger partial charge in [-0.05, 0) is 0 Å². The molecular weight excluding hydrogens is 549 g/mol. The normalized spacial score (nSPS) is 8.50. The van der Waals surface area contributed by atoms with Crippen LogP contribution in [0.3, 0.4) is 0 Å². The van der Waals surface area contributed by atoms with Gasteiger partial charge in [0.05, 0.1) is 0 Å². The van der Waals surface area contributed by atoms with Gasteiger partial charge in [0.2, 0.25) is 0 Å². The molecule has 0 atom stereocenters. The molecule has 0 unspecified atom stereocenters. The Hall–Kier alpha value is 1.73. The predicted molar refractivity (Wildman–Crippen MR) is 88.0 cm³/mol. The first-order chi connectivity index (χ1) is 6.20. The third kappa shape index (κ3) is 6.35. The average molecular weight is 559 g/mol. The fourth-order valence-corrected chi connectivity index (χ4v) is 1.07. The molecular formula is C10H10I3Ti-2. The van der Waals surface area contributed by atoms with E-state index in [1.807, 2.05) is 0 Å². The SMILES string of the molecule is [CH3-].[I][Ti]([I])[I].c1ccc2[cH-]ccc2c1. The summed E-state index contributed by atoms with van der Waals surface area (Å²) in [6.07, 6.45) is 0. The second-order valence-electron chi connectivity index (χ2n) is 2.37. The summed E-state index contributed by atoms with van der Waals surface area (Å²) >= 11 is 7.45. The van der Waals surface area contributed by atoms with Gasteiger partial charge in [-0.25, -0.2) is 0 Å². The fourth-order valence-electron chi connectivity index (χ4n) is 1.07. The number of benzene rings is 1. The molecule has 2 aromatic carbocycles. The zero-order valence-electron chi connectivity index (χ0n) is 7.68. The van der Waals surface area contributed by atoms with Crippen LogP contribution in [0.5, 0.6) is 0 Å². The first-order valence-electron chi connectivity index (χ1n) is 3.64. The van der Waals surface area contributed by atoms with Crippen molar-refractivity contribution in [2.24, 2.45) is 0 Å². The molecule has 0 heterocycles. The Bertz CT molecular complexity index is 324. The summed E-state index contributed by atoms with van der Waals surface area (Å²) in [6.45, 7) is -0.423. The second kappa shape index (κ2) is 8.84. The van der Waals surface area contributed by atoms with Crippen LogP contribution in [0.15, 0.2) is 42.5 Å². The smallest absolute Gasteiger partial charge is 0.0809 e. The third-order valence-corrected chi connectivity index (χ3v) is 1.55. The Morgan fingerprint density at radius 1 is 1.00 bits per heavy atom. The van der Waals surface area contributed by atoms with Gasteiger partial charge < -0.3 is 7.43 Å². The zero-order valence-corrected chi connectivity index (χ0v) is 15.7. The number of rotatable bonds is 0. The number of hydrogen-bond acceptors (Lipinski definition) is 0. The summed E-state index contributed by atoms with van der Waals surface area (Å²) in [7, 11) is 0. The molecule has 0 amide bonds. The van der Waals surface area contributed by atoms with E-state index in [0.29, 0.717) is 0 Å². The molecule has 0 aliphatic carbocycles. The maximum absolute atomic E-state index is 2.48. The molecule has 0 fully saturated rings. The predicted octanol–water partition coefficient (Wildman–Crippen LogP) is 5.66. The Morgan fingerprint density at radius 3 is 2.14 bits per heavy atom. The molecule has 0 spiro atoms. The summed E-state index contributed by atoms with van der Waals surface area (Å²) in [4.78, 5) is 0. The Kier molecular flexibility index (Phi) is 9.93. The van der Waals surface area contributed by atoms with E-state index in [2.05, 4.69) is 100 Å². The van der Waals surface area contributed by atoms with Crippen molar-refractivity contribution in [3.05, 3.63) is 49.9 Å². The average Bonchev–Trinajstić information content (AvgIpc) is 2.49. The minimum absolute atomic E-state index is 0. The maximum atomic E-state index is 2.48. The van der Waals surface area contributed by atoms with Crippen LogP contribution in [0.2, 0.25) is 0 Å². The van der Waals surface area contributed by atoms with E-state index >= 15 is 0 Å². The zero-order chi connectivity index (χ0) is 9.68. The van der Waals surface area contributed by atoms with Gasteiger partial charge in [0.1, 0.15) is 0 Å². The van der Waals surface area contributed by atoms with E-state index in [1.165, 1.54) is 10.8 Å². The van der Waals surface area contributed by atoms with E-state index < -0.39 is 6.63 Å². The van der Waals surface area contributed by atoms with Crippen LogP contribution in [0, 0.1) is 7.43 Å². The quantitative estimate of drug-likeness (QED) is 0.222. The van der Waals surface area contributed by atoms with Crippen molar-refractivity contribution in [2.75, 3.05) is 0 Å². The maximum Gasteiger partial charge on any atom is -0.0809 e. The van der Waals surface area contributed by atoms with Crippen LogP contribution in [-0.4, -0.2) is 0 Å². The molecule has 4 heteroatoms. The minimum atomic E-state index is -0.423. The Balaban J connectivity index is 0.000000299. The van der Waals surface area contributed by atoms with Gasteiger partial charge in [-0.15, -0.1) is 29.7 Å². The van der Waals surface area contributed by atoms with E-state index in [9.17, 15) is 0 Å². The van der Waals surface area contributed by atoms with Gasteiger partial charge in [-0.2, -0.15) is 17.5 Å².